The van der Waals surface area contributed by atoms with Crippen LogP contribution < -0.4 is 11.2 Å². The van der Waals surface area contributed by atoms with Crippen LogP contribution in [0, 0.1) is 20.8 Å². The summed E-state index contributed by atoms with van der Waals surface area (Å²) in [5.74, 6) is 0.565. The van der Waals surface area contributed by atoms with Crippen LogP contribution in [0.4, 0.5) is 5.69 Å². The Hall–Kier alpha value is -7.33. The van der Waals surface area contributed by atoms with Crippen LogP contribution in [0.25, 0.3) is 44.0 Å². The van der Waals surface area contributed by atoms with Gasteiger partial charge in [-0.05, 0) is 179 Å². The molecule has 7 aromatic heterocycles. The molecular formula is C64H58BBr4Cl3N12O8Se. The fourth-order valence-corrected chi connectivity index (χ4v) is 9.36. The van der Waals surface area contributed by atoms with Crippen molar-refractivity contribution in [3.8, 4) is 11.3 Å². The number of fused-ring (bicyclic) bond motifs is 3. The molecule has 29 heteroatoms. The number of aryl methyl sites for hydroxylation is 3. The summed E-state index contributed by atoms with van der Waals surface area (Å²) in [6, 6.07) is 33.2. The van der Waals surface area contributed by atoms with Gasteiger partial charge in [-0.15, -0.1) is 0 Å². The maximum absolute atomic E-state index is 10.9. The Morgan fingerprint density at radius 1 is 0.581 bits per heavy atom. The first-order valence-electron chi connectivity index (χ1n) is 27.0. The summed E-state index contributed by atoms with van der Waals surface area (Å²) in [7, 11) is -0.370. The van der Waals surface area contributed by atoms with Gasteiger partial charge in [0.15, 0.2) is 12.1 Å². The first kappa shape index (κ1) is 78.1. The van der Waals surface area contributed by atoms with Crippen LogP contribution in [0.15, 0.2) is 196 Å². The van der Waals surface area contributed by atoms with Crippen LogP contribution in [0.2, 0.25) is 15.5 Å². The number of carbonyl (C=O) groups is 3. The van der Waals surface area contributed by atoms with Crippen molar-refractivity contribution in [1.82, 2.24) is 54.8 Å². The van der Waals surface area contributed by atoms with Crippen LogP contribution in [-0.4, -0.2) is 111 Å². The Balaban J connectivity index is 0.000000229. The molecule has 0 aliphatic carbocycles. The van der Waals surface area contributed by atoms with Gasteiger partial charge >= 0.3 is 35.6 Å². The molecule has 11 aromatic rings. The van der Waals surface area contributed by atoms with Crippen molar-refractivity contribution in [3.05, 3.63) is 240 Å². The first-order chi connectivity index (χ1) is 44.2. The van der Waals surface area contributed by atoms with Gasteiger partial charge in [0.1, 0.15) is 39.8 Å². The Labute approximate surface area is 591 Å². The number of nitrogens with two attached hydrogens (primary N) is 1. The molecule has 12 rings (SSSR count). The molecule has 0 unspecified atom stereocenters. The second-order valence-electron chi connectivity index (χ2n) is 19.7. The van der Waals surface area contributed by atoms with Crippen LogP contribution >= 0.6 is 98.5 Å². The summed E-state index contributed by atoms with van der Waals surface area (Å²) in [6.07, 6.45) is 16.7. The number of aromatic carboxylic acids is 1. The molecular weight excluding hydrogens is 1580 g/mol. The number of carboxylic acid groups (broad SMARTS) is 1. The number of anilines is 1. The van der Waals surface area contributed by atoms with Gasteiger partial charge in [-0.3, -0.25) is 24.5 Å². The molecule has 3 N–H and O–H groups in total. The zero-order chi connectivity index (χ0) is 68.8. The number of hydrogen-bond donors (Lipinski definition) is 2. The number of carboxylic acids is 1. The molecule has 480 valence electrons. The fourth-order valence-electron chi connectivity index (χ4n) is 7.18. The van der Waals surface area contributed by atoms with Gasteiger partial charge in [-0.1, -0.05) is 89.9 Å². The second-order valence-corrected chi connectivity index (χ2v) is 24.5. The third-order valence-corrected chi connectivity index (χ3v) is 15.9. The van der Waals surface area contributed by atoms with E-state index in [1.54, 1.807) is 55.2 Å². The summed E-state index contributed by atoms with van der Waals surface area (Å²) in [5, 5.41) is 12.8. The monoisotopic (exact) mass is 1630 g/mol. The molecule has 1 aliphatic heterocycles. The summed E-state index contributed by atoms with van der Waals surface area (Å²) < 4.78 is 32.4. The molecule has 20 nitrogen and oxygen atoms in total. The number of allylic oxidation sites excluding steroid dienone is 1. The predicted octanol–water partition coefficient (Wildman–Crippen LogP) is 15.7. The van der Waals surface area contributed by atoms with Gasteiger partial charge in [0.25, 0.3) is 0 Å². The number of nitrogen functional groups attached to an aromatic ring is 1. The summed E-state index contributed by atoms with van der Waals surface area (Å²) in [4.78, 5) is 75.4. The number of aromatic nitrogens is 11. The van der Waals surface area contributed by atoms with Crippen molar-refractivity contribution in [3.63, 3.8) is 0 Å². The second kappa shape index (κ2) is 39.4. The molecule has 0 radical (unpaired) electrons. The normalized spacial score (nSPS) is 11.8. The number of pyridine rings is 3. The topological polar surface area (TPSA) is 292 Å². The molecule has 93 heavy (non-hydrogen) atoms. The predicted molar refractivity (Wildman–Crippen MR) is 379 cm³/mol. The Kier molecular flexibility index (Phi) is 33.1. The molecule has 1 saturated heterocycles. The summed E-state index contributed by atoms with van der Waals surface area (Å²) in [5.41, 5.74) is 12.8. The molecule has 0 bridgehead atoms. The minimum atomic E-state index is -1.62. The van der Waals surface area contributed by atoms with Crippen molar-refractivity contribution in [1.29, 1.82) is 0 Å². The van der Waals surface area contributed by atoms with Gasteiger partial charge in [-0.2, -0.15) is 0 Å². The molecule has 0 spiro atoms. The zero-order valence-electron chi connectivity index (χ0n) is 50.9. The molecule has 0 amide bonds. The first-order valence-corrected chi connectivity index (χ1v) is 32.7. The van der Waals surface area contributed by atoms with E-state index in [4.69, 9.17) is 62.6 Å². The van der Waals surface area contributed by atoms with Crippen molar-refractivity contribution in [2.75, 3.05) is 5.73 Å². The zero-order valence-corrected chi connectivity index (χ0v) is 61.2. The van der Waals surface area contributed by atoms with E-state index in [-0.39, 0.29) is 29.7 Å². The van der Waals surface area contributed by atoms with Crippen LogP contribution in [-0.2, 0) is 21.8 Å². The number of aldehydes is 1. The van der Waals surface area contributed by atoms with Gasteiger partial charge in [0.2, 0.25) is 0 Å². The number of ketones is 1. The molecule has 0 atom stereocenters. The van der Waals surface area contributed by atoms with E-state index in [0.29, 0.717) is 31.9 Å². The molecule has 4 aromatic carbocycles. The number of halogens is 7. The Morgan fingerprint density at radius 2 is 1.00 bits per heavy atom. The number of carbonyl (C=O) groups excluding carboxylic acids is 2. The fraction of sp³-hybridized carbons (Fsp3) is 0.156. The Bertz CT molecular complexity index is 4250. The third kappa shape index (κ3) is 25.5. The van der Waals surface area contributed by atoms with Gasteiger partial charge < -0.3 is 20.1 Å². The number of hydrogen-bond acceptors (Lipinski definition) is 19. The third-order valence-electron chi connectivity index (χ3n) is 12.6. The van der Waals surface area contributed by atoms with Crippen LogP contribution in [0.3, 0.4) is 0 Å². The van der Waals surface area contributed by atoms with Crippen molar-refractivity contribution in [2.45, 2.75) is 66.6 Å². The maximum atomic E-state index is 10.9. The SMILES string of the molecule is C=CC(C)=O.Cc1ccnc2c(Br)cccc12.Cc1ncc(-c2cc(Cl)ncn2)cn1.Cc1ncc(B2OC(C)(C)C(C)(C)O2)cn1.Clc1cc(Cl)ncn1.Nc1ccccc1Br.O=C(O)c1ccnc2c(Br)cccc12.O=Cc1ccnc2c(Br)cccc12.O=[Se]=O. The van der Waals surface area contributed by atoms with Crippen LogP contribution in [0.1, 0.15) is 72.5 Å². The quantitative estimate of drug-likeness (QED) is 0.0532. The molecule has 0 saturated carbocycles. The van der Waals surface area contributed by atoms with E-state index < -0.39 is 20.8 Å². The van der Waals surface area contributed by atoms with E-state index in [1.807, 2.05) is 114 Å². The van der Waals surface area contributed by atoms with Gasteiger partial charge in [-0.25, -0.2) is 44.7 Å². The Morgan fingerprint density at radius 3 is 1.43 bits per heavy atom. The van der Waals surface area contributed by atoms with Gasteiger partial charge in [0.05, 0.1) is 39.0 Å². The minimum absolute atomic E-state index is 0.0185. The number of nitrogens with zero attached hydrogens (tertiary/aromatic N) is 11. The molecule has 1 aliphatic rings. The van der Waals surface area contributed by atoms with E-state index in [0.717, 1.165) is 74.7 Å². The van der Waals surface area contributed by atoms with E-state index in [2.05, 4.69) is 138 Å². The van der Waals surface area contributed by atoms with E-state index in [1.165, 1.54) is 54.9 Å². The number of rotatable bonds is 5. The average Bonchev–Trinajstić information content (AvgIpc) is 1.69. The molecule has 1 fully saturated rings. The number of benzene rings is 4. The van der Waals surface area contributed by atoms with Gasteiger partial charge in [0, 0.05) is 112 Å². The summed E-state index contributed by atoms with van der Waals surface area (Å²) >= 11 is 28.4. The standard InChI is InChI=1S/C11H17BN2O2.C10H6BrNO2.C10H6BrNO.C10H8BrN.C9H7ClN4.C6H6BrN.C4H2Cl2N2.C4H6O.O2Se/c1-8-13-6-9(7-14-8)12-15-10(2,3)11(4,5)16-12;11-8-3-1-2-6-7(10(13)14)4-5-12-9(6)8;11-9-3-1-2-8-7(6-13)4-5-12-10(8)9;1-7-5-6-12-10-8(7)3-2-4-9(10)11;1-6-11-3-7(4-12-6)8-2-9(10)14-5-13-8;7-5-3-1-2-4-6(5)8;5-3-1-4(6)8-2-7-3;1-3-4(2)5;1-3-2/h6-7H,1-5H3;1-5H,(H,13,14);1-6H;2-6H,1H3;2-5H,1H3;1-4H,8H2;1-2H;3H,1H2,2H3;. The van der Waals surface area contributed by atoms with Crippen molar-refractivity contribution >= 4 is 182 Å². The average molecular weight is 1640 g/mol. The van der Waals surface area contributed by atoms with E-state index >= 15 is 0 Å². The summed E-state index contributed by atoms with van der Waals surface area (Å²) in [6.45, 7) is 18.6. The van der Waals surface area contributed by atoms with Crippen molar-refractivity contribution < 1.29 is 36.5 Å². The van der Waals surface area contributed by atoms with Crippen LogP contribution in [0.5, 0.6) is 0 Å². The van der Waals surface area contributed by atoms with E-state index in [9.17, 15) is 14.4 Å². The molecule has 8 heterocycles. The number of para-hydroxylation sites is 4. The van der Waals surface area contributed by atoms with Crippen molar-refractivity contribution in [2.24, 2.45) is 0 Å².